The first kappa shape index (κ1) is 8.02. The molecule has 2 heteroatoms. The number of halogens is 1. The summed E-state index contributed by atoms with van der Waals surface area (Å²) >= 11 is 3.16. The third-order valence-corrected chi connectivity index (χ3v) is 1.33. The summed E-state index contributed by atoms with van der Waals surface area (Å²) in [5.41, 5.74) is 0. The van der Waals surface area contributed by atoms with Crippen LogP contribution in [0, 0.1) is 0 Å². The molecule has 0 aliphatic rings. The molecule has 0 N–H and O–H groups in total. The predicted octanol–water partition coefficient (Wildman–Crippen LogP) is 2.67. The number of hydrogen-bond acceptors (Lipinski definition) is 1. The molecular formula is C6H11BrO. The molecule has 0 aromatic rings. The first-order valence-electron chi connectivity index (χ1n) is 2.71. The maximum absolute atomic E-state index is 5.15. The zero-order valence-electron chi connectivity index (χ0n) is 5.28. The fraction of sp³-hybridized carbons (Fsp3) is 0.667. The van der Waals surface area contributed by atoms with E-state index in [1.165, 1.54) is 0 Å². The number of rotatable bonds is 3. The van der Waals surface area contributed by atoms with Gasteiger partial charge in [-0.25, -0.2) is 0 Å². The normalized spacial score (nSPS) is 11.6. The van der Waals surface area contributed by atoms with E-state index in [1.54, 1.807) is 4.99 Å². The highest BCUT2D eigenvalue weighted by Crippen LogP contribution is 1.98. The van der Waals surface area contributed by atoms with Crippen molar-refractivity contribution in [2.24, 2.45) is 0 Å². The van der Waals surface area contributed by atoms with Crippen LogP contribution in [0.25, 0.3) is 0 Å². The Labute approximate surface area is 58.9 Å². The quantitative estimate of drug-likeness (QED) is 0.605. The lowest BCUT2D eigenvalue weighted by Crippen LogP contribution is -1.87. The third-order valence-electron chi connectivity index (χ3n) is 0.688. The largest absolute Gasteiger partial charge is 0.498 e. The number of ether oxygens (including phenoxy) is 1. The highest BCUT2D eigenvalue weighted by molar-refractivity contribution is 9.11. The molecule has 48 valence electrons. The molecule has 0 aromatic heterocycles. The molecule has 0 aliphatic heterocycles. The van der Waals surface area contributed by atoms with E-state index in [9.17, 15) is 0 Å². The van der Waals surface area contributed by atoms with Crippen molar-refractivity contribution >= 4 is 15.9 Å². The standard InChI is InChI=1S/C6H11BrO/c1-3-4-8-6(2)5-7/h5H,3-4H2,1-2H3. The van der Waals surface area contributed by atoms with Crippen LogP contribution in [0.15, 0.2) is 10.7 Å². The summed E-state index contributed by atoms with van der Waals surface area (Å²) in [4.78, 5) is 1.78. The van der Waals surface area contributed by atoms with Crippen molar-refractivity contribution in [3.63, 3.8) is 0 Å². The molecule has 0 rings (SSSR count). The molecule has 0 unspecified atom stereocenters. The van der Waals surface area contributed by atoms with Crippen molar-refractivity contribution in [2.75, 3.05) is 6.61 Å². The van der Waals surface area contributed by atoms with Crippen LogP contribution >= 0.6 is 15.9 Å². The molecule has 0 spiro atoms. The van der Waals surface area contributed by atoms with Crippen LogP contribution in [0.5, 0.6) is 0 Å². The van der Waals surface area contributed by atoms with Gasteiger partial charge in [-0.1, -0.05) is 22.9 Å². The van der Waals surface area contributed by atoms with Crippen LogP contribution < -0.4 is 0 Å². The topological polar surface area (TPSA) is 9.23 Å². The fourth-order valence-electron chi connectivity index (χ4n) is 0.295. The monoisotopic (exact) mass is 178 g/mol. The van der Waals surface area contributed by atoms with Gasteiger partial charge in [-0.2, -0.15) is 0 Å². The smallest absolute Gasteiger partial charge is 0.0997 e. The van der Waals surface area contributed by atoms with Crippen molar-refractivity contribution in [1.29, 1.82) is 0 Å². The summed E-state index contributed by atoms with van der Waals surface area (Å²) < 4.78 is 5.15. The van der Waals surface area contributed by atoms with Gasteiger partial charge in [0, 0.05) is 4.99 Å². The van der Waals surface area contributed by atoms with Gasteiger partial charge in [-0.05, 0) is 13.3 Å². The van der Waals surface area contributed by atoms with Gasteiger partial charge in [-0.3, -0.25) is 0 Å². The second-order valence-electron chi connectivity index (χ2n) is 1.57. The summed E-state index contributed by atoms with van der Waals surface area (Å²) in [6, 6.07) is 0. The number of hydrogen-bond donors (Lipinski definition) is 0. The zero-order chi connectivity index (χ0) is 6.41. The summed E-state index contributed by atoms with van der Waals surface area (Å²) in [7, 11) is 0. The fourth-order valence-corrected chi connectivity index (χ4v) is 0.427. The van der Waals surface area contributed by atoms with Crippen LogP contribution in [0.4, 0.5) is 0 Å². The maximum Gasteiger partial charge on any atom is 0.0997 e. The molecule has 0 fully saturated rings. The Balaban J connectivity index is 3.12. The van der Waals surface area contributed by atoms with Crippen LogP contribution in [-0.4, -0.2) is 6.61 Å². The molecule has 0 atom stereocenters. The van der Waals surface area contributed by atoms with E-state index in [0.29, 0.717) is 0 Å². The van der Waals surface area contributed by atoms with E-state index in [2.05, 4.69) is 22.9 Å². The molecule has 0 bridgehead atoms. The van der Waals surface area contributed by atoms with E-state index >= 15 is 0 Å². The van der Waals surface area contributed by atoms with Crippen molar-refractivity contribution in [3.05, 3.63) is 10.7 Å². The lowest BCUT2D eigenvalue weighted by molar-refractivity contribution is 0.215. The molecule has 0 saturated heterocycles. The van der Waals surface area contributed by atoms with Crippen LogP contribution in [0.2, 0.25) is 0 Å². The lowest BCUT2D eigenvalue weighted by atomic mass is 10.5. The highest BCUT2D eigenvalue weighted by Gasteiger charge is 1.82. The van der Waals surface area contributed by atoms with Crippen molar-refractivity contribution < 1.29 is 4.74 Å². The minimum absolute atomic E-state index is 0.813. The van der Waals surface area contributed by atoms with Gasteiger partial charge in [0.05, 0.1) is 12.4 Å². The van der Waals surface area contributed by atoms with Gasteiger partial charge in [0.1, 0.15) is 0 Å². The molecule has 0 saturated carbocycles. The first-order chi connectivity index (χ1) is 3.81. The molecule has 8 heavy (non-hydrogen) atoms. The third kappa shape index (κ3) is 4.19. The van der Waals surface area contributed by atoms with Crippen molar-refractivity contribution in [3.8, 4) is 0 Å². The lowest BCUT2D eigenvalue weighted by Gasteiger charge is -2.00. The molecule has 0 aromatic carbocycles. The van der Waals surface area contributed by atoms with E-state index in [4.69, 9.17) is 4.74 Å². The Bertz CT molecular complexity index is 78.6. The van der Waals surface area contributed by atoms with Gasteiger partial charge in [0.25, 0.3) is 0 Å². The average molecular weight is 179 g/mol. The summed E-state index contributed by atoms with van der Waals surface area (Å²) in [5, 5.41) is 0. The second kappa shape index (κ2) is 5.16. The zero-order valence-corrected chi connectivity index (χ0v) is 6.86. The highest BCUT2D eigenvalue weighted by atomic mass is 79.9. The van der Waals surface area contributed by atoms with E-state index in [1.807, 2.05) is 6.92 Å². The van der Waals surface area contributed by atoms with Crippen LogP contribution in [0.1, 0.15) is 20.3 Å². The Morgan fingerprint density at radius 2 is 2.38 bits per heavy atom. The first-order valence-corrected chi connectivity index (χ1v) is 3.62. The molecule has 0 amide bonds. The molecule has 0 heterocycles. The Kier molecular flexibility index (Phi) is 5.18. The van der Waals surface area contributed by atoms with E-state index < -0.39 is 0 Å². The molecule has 1 nitrogen and oxygen atoms in total. The number of allylic oxidation sites excluding steroid dienone is 1. The van der Waals surface area contributed by atoms with Gasteiger partial charge >= 0.3 is 0 Å². The van der Waals surface area contributed by atoms with Gasteiger partial charge < -0.3 is 4.74 Å². The van der Waals surface area contributed by atoms with Crippen LogP contribution in [-0.2, 0) is 4.74 Å². The van der Waals surface area contributed by atoms with Crippen molar-refractivity contribution in [1.82, 2.24) is 0 Å². The molecular weight excluding hydrogens is 168 g/mol. The average Bonchev–Trinajstić information content (AvgIpc) is 1.83. The van der Waals surface area contributed by atoms with Crippen LogP contribution in [0.3, 0.4) is 0 Å². The van der Waals surface area contributed by atoms with E-state index in [0.717, 1.165) is 18.8 Å². The summed E-state index contributed by atoms with van der Waals surface area (Å²) in [5.74, 6) is 0.937. The Hall–Kier alpha value is 0.0200. The van der Waals surface area contributed by atoms with Crippen molar-refractivity contribution in [2.45, 2.75) is 20.3 Å². The second-order valence-corrected chi connectivity index (χ2v) is 2.03. The molecule has 0 aliphatic carbocycles. The summed E-state index contributed by atoms with van der Waals surface area (Å²) in [6.07, 6.45) is 1.07. The van der Waals surface area contributed by atoms with Gasteiger partial charge in [-0.15, -0.1) is 0 Å². The SMILES string of the molecule is CCCOC(C)=CBr. The van der Waals surface area contributed by atoms with E-state index in [-0.39, 0.29) is 0 Å². The molecule has 0 radical (unpaired) electrons. The Morgan fingerprint density at radius 1 is 1.75 bits per heavy atom. The maximum atomic E-state index is 5.15. The Morgan fingerprint density at radius 3 is 2.75 bits per heavy atom. The van der Waals surface area contributed by atoms with Gasteiger partial charge in [0.2, 0.25) is 0 Å². The van der Waals surface area contributed by atoms with Gasteiger partial charge in [0.15, 0.2) is 0 Å². The minimum atomic E-state index is 0.813. The predicted molar refractivity (Wildman–Crippen MR) is 38.9 cm³/mol. The minimum Gasteiger partial charge on any atom is -0.498 e. The summed E-state index contributed by atoms with van der Waals surface area (Å²) in [6.45, 7) is 4.82.